The van der Waals surface area contributed by atoms with Gasteiger partial charge in [-0.1, -0.05) is 23.7 Å². The van der Waals surface area contributed by atoms with Crippen molar-refractivity contribution in [1.82, 2.24) is 5.43 Å². The van der Waals surface area contributed by atoms with Crippen molar-refractivity contribution in [3.63, 3.8) is 0 Å². The van der Waals surface area contributed by atoms with Crippen molar-refractivity contribution in [3.8, 4) is 0 Å². The van der Waals surface area contributed by atoms with Crippen LogP contribution in [0.4, 0.5) is 4.39 Å². The van der Waals surface area contributed by atoms with E-state index in [0.29, 0.717) is 10.8 Å². The van der Waals surface area contributed by atoms with Gasteiger partial charge in [0, 0.05) is 15.7 Å². The van der Waals surface area contributed by atoms with E-state index in [1.807, 2.05) is 31.2 Å². The Labute approximate surface area is 127 Å². The third-order valence-corrected chi connectivity index (χ3v) is 4.35. The molecule has 0 bridgehead atoms. The monoisotopic (exact) mass is 310 g/mol. The molecule has 0 saturated carbocycles. The maximum atomic E-state index is 13.4. The van der Waals surface area contributed by atoms with Crippen LogP contribution in [0, 0.1) is 12.7 Å². The molecule has 0 heterocycles. The number of rotatable bonds is 5. The van der Waals surface area contributed by atoms with Crippen molar-refractivity contribution in [1.29, 1.82) is 0 Å². The summed E-state index contributed by atoms with van der Waals surface area (Å²) in [5, 5.41) is 0.703. The lowest BCUT2D eigenvalue weighted by Gasteiger charge is -2.18. The van der Waals surface area contributed by atoms with Crippen LogP contribution in [0.1, 0.15) is 17.2 Å². The Morgan fingerprint density at radius 1 is 1.30 bits per heavy atom. The van der Waals surface area contributed by atoms with Crippen LogP contribution in [0.3, 0.4) is 0 Å². The second-order valence-corrected chi connectivity index (χ2v) is 6.02. The van der Waals surface area contributed by atoms with E-state index in [-0.39, 0.29) is 11.9 Å². The van der Waals surface area contributed by atoms with Gasteiger partial charge in [0.05, 0.1) is 6.04 Å². The molecule has 2 nitrogen and oxygen atoms in total. The van der Waals surface area contributed by atoms with Crippen LogP contribution >= 0.6 is 23.4 Å². The number of nitrogens with one attached hydrogen (secondary N) is 1. The van der Waals surface area contributed by atoms with Gasteiger partial charge in [-0.3, -0.25) is 11.3 Å². The number of hydrazine groups is 1. The number of hydrogen-bond acceptors (Lipinski definition) is 3. The molecule has 0 fully saturated rings. The van der Waals surface area contributed by atoms with E-state index in [1.54, 1.807) is 17.8 Å². The Bertz CT molecular complexity index is 592. The maximum absolute atomic E-state index is 13.4. The molecule has 20 heavy (non-hydrogen) atoms. The lowest BCUT2D eigenvalue weighted by atomic mass is 10.0. The van der Waals surface area contributed by atoms with E-state index < -0.39 is 0 Å². The molecule has 0 aromatic heterocycles. The standard InChI is InChI=1S/C15H16ClFN2S/c1-10-5-6-12(17)8-14(10)15(19-18)9-20-13-4-2-3-11(16)7-13/h2-8,15,19H,9,18H2,1H3. The smallest absolute Gasteiger partial charge is 0.123 e. The Hall–Kier alpha value is -1.07. The molecule has 0 aliphatic carbocycles. The van der Waals surface area contributed by atoms with Gasteiger partial charge in [-0.25, -0.2) is 4.39 Å². The Kier molecular flexibility index (Phi) is 5.43. The highest BCUT2D eigenvalue weighted by atomic mass is 35.5. The fourth-order valence-corrected chi connectivity index (χ4v) is 3.23. The highest BCUT2D eigenvalue weighted by Gasteiger charge is 2.13. The fourth-order valence-electron chi connectivity index (χ4n) is 1.95. The quantitative estimate of drug-likeness (QED) is 0.496. The number of nitrogens with two attached hydrogens (primary N) is 1. The van der Waals surface area contributed by atoms with E-state index >= 15 is 0 Å². The predicted molar refractivity (Wildman–Crippen MR) is 83.4 cm³/mol. The zero-order valence-corrected chi connectivity index (χ0v) is 12.6. The molecule has 0 radical (unpaired) electrons. The van der Waals surface area contributed by atoms with Gasteiger partial charge >= 0.3 is 0 Å². The Morgan fingerprint density at radius 3 is 2.80 bits per heavy atom. The first-order valence-corrected chi connectivity index (χ1v) is 7.57. The van der Waals surface area contributed by atoms with Gasteiger partial charge in [-0.2, -0.15) is 0 Å². The molecule has 2 rings (SSSR count). The average molecular weight is 311 g/mol. The van der Waals surface area contributed by atoms with Crippen molar-refractivity contribution >= 4 is 23.4 Å². The molecule has 5 heteroatoms. The summed E-state index contributed by atoms with van der Waals surface area (Å²) in [6.45, 7) is 1.95. The van der Waals surface area contributed by atoms with Gasteiger partial charge in [0.15, 0.2) is 0 Å². The summed E-state index contributed by atoms with van der Waals surface area (Å²) in [5.74, 6) is 6.05. The van der Waals surface area contributed by atoms with Crippen molar-refractivity contribution in [2.45, 2.75) is 17.9 Å². The lowest BCUT2D eigenvalue weighted by Crippen LogP contribution is -2.30. The van der Waals surface area contributed by atoms with Crippen LogP contribution in [-0.4, -0.2) is 5.75 Å². The van der Waals surface area contributed by atoms with Crippen molar-refractivity contribution in [2.75, 3.05) is 5.75 Å². The van der Waals surface area contributed by atoms with E-state index in [1.165, 1.54) is 12.1 Å². The zero-order valence-electron chi connectivity index (χ0n) is 11.1. The van der Waals surface area contributed by atoms with Crippen molar-refractivity contribution < 1.29 is 4.39 Å². The van der Waals surface area contributed by atoms with E-state index in [0.717, 1.165) is 16.0 Å². The second kappa shape index (κ2) is 7.09. The molecule has 0 aliphatic rings. The minimum Gasteiger partial charge on any atom is -0.271 e. The molecule has 3 N–H and O–H groups in total. The first kappa shape index (κ1) is 15.3. The third kappa shape index (κ3) is 3.96. The molecule has 0 aliphatic heterocycles. The summed E-state index contributed by atoms with van der Waals surface area (Å²) in [6, 6.07) is 12.3. The molecule has 1 atom stereocenters. The van der Waals surface area contributed by atoms with Gasteiger partial charge in [0.1, 0.15) is 5.82 Å². The topological polar surface area (TPSA) is 38.0 Å². The number of aryl methyl sites for hydroxylation is 1. The molecule has 1 unspecified atom stereocenters. The Morgan fingerprint density at radius 2 is 2.10 bits per heavy atom. The van der Waals surface area contributed by atoms with Crippen LogP contribution in [0.5, 0.6) is 0 Å². The predicted octanol–water partition coefficient (Wildman–Crippen LogP) is 4.08. The van der Waals surface area contributed by atoms with Crippen molar-refractivity contribution in [2.24, 2.45) is 5.84 Å². The first-order chi connectivity index (χ1) is 9.60. The summed E-state index contributed by atoms with van der Waals surface area (Å²) >= 11 is 7.58. The molecular weight excluding hydrogens is 295 g/mol. The third-order valence-electron chi connectivity index (χ3n) is 3.03. The number of thioether (sulfide) groups is 1. The minimum atomic E-state index is -0.251. The van der Waals surface area contributed by atoms with Gasteiger partial charge in [-0.05, 0) is 48.4 Å². The highest BCUT2D eigenvalue weighted by Crippen LogP contribution is 2.28. The number of benzene rings is 2. The lowest BCUT2D eigenvalue weighted by molar-refractivity contribution is 0.588. The molecule has 0 saturated heterocycles. The first-order valence-electron chi connectivity index (χ1n) is 6.20. The molecule has 106 valence electrons. The summed E-state index contributed by atoms with van der Waals surface area (Å²) in [5.41, 5.74) is 4.64. The second-order valence-electron chi connectivity index (χ2n) is 4.49. The van der Waals surface area contributed by atoms with Crippen LogP contribution in [-0.2, 0) is 0 Å². The minimum absolute atomic E-state index is 0.116. The highest BCUT2D eigenvalue weighted by molar-refractivity contribution is 7.99. The fraction of sp³-hybridized carbons (Fsp3) is 0.200. The average Bonchev–Trinajstić information content (AvgIpc) is 2.43. The van der Waals surface area contributed by atoms with Crippen LogP contribution in [0.2, 0.25) is 5.02 Å². The normalized spacial score (nSPS) is 12.4. The Balaban J connectivity index is 2.11. The number of halogens is 2. The zero-order chi connectivity index (χ0) is 14.5. The molecule has 0 amide bonds. The largest absolute Gasteiger partial charge is 0.271 e. The summed E-state index contributed by atoms with van der Waals surface area (Å²) in [4.78, 5) is 1.06. The summed E-state index contributed by atoms with van der Waals surface area (Å²) < 4.78 is 13.4. The van der Waals surface area contributed by atoms with Crippen LogP contribution in [0.25, 0.3) is 0 Å². The van der Waals surface area contributed by atoms with Gasteiger partial charge in [0.2, 0.25) is 0 Å². The molecule has 0 spiro atoms. The van der Waals surface area contributed by atoms with Crippen LogP contribution in [0.15, 0.2) is 47.4 Å². The SMILES string of the molecule is Cc1ccc(F)cc1C(CSc1cccc(Cl)c1)NN. The van der Waals surface area contributed by atoms with E-state index in [9.17, 15) is 4.39 Å². The van der Waals surface area contributed by atoms with E-state index in [2.05, 4.69) is 5.43 Å². The molecule has 2 aromatic rings. The van der Waals surface area contributed by atoms with Gasteiger partial charge < -0.3 is 0 Å². The van der Waals surface area contributed by atoms with Crippen LogP contribution < -0.4 is 11.3 Å². The summed E-state index contributed by atoms with van der Waals surface area (Å²) in [7, 11) is 0. The van der Waals surface area contributed by atoms with Gasteiger partial charge in [0.25, 0.3) is 0 Å². The summed E-state index contributed by atoms with van der Waals surface area (Å²) in [6.07, 6.45) is 0. The maximum Gasteiger partial charge on any atom is 0.123 e. The van der Waals surface area contributed by atoms with E-state index in [4.69, 9.17) is 17.4 Å². The number of hydrogen-bond donors (Lipinski definition) is 2. The van der Waals surface area contributed by atoms with Gasteiger partial charge in [-0.15, -0.1) is 11.8 Å². The molecular formula is C15H16ClFN2S. The molecule has 2 aromatic carbocycles. The van der Waals surface area contributed by atoms with Crippen molar-refractivity contribution in [3.05, 3.63) is 64.4 Å².